The van der Waals surface area contributed by atoms with Crippen LogP contribution < -0.4 is 0 Å². The molecule has 1 radical (unpaired) electrons. The van der Waals surface area contributed by atoms with E-state index in [9.17, 15) is 0 Å². The van der Waals surface area contributed by atoms with Crippen LogP contribution in [0.5, 0.6) is 0 Å². The van der Waals surface area contributed by atoms with Crippen LogP contribution in [0.1, 0.15) is 0 Å². The lowest BCUT2D eigenvalue weighted by molar-refractivity contribution is 0.589. The van der Waals surface area contributed by atoms with Gasteiger partial charge in [0, 0.05) is 0 Å². The molecule has 0 aliphatic carbocycles. The predicted octanol–water partition coefficient (Wildman–Crippen LogP) is 1.02. The van der Waals surface area contributed by atoms with Gasteiger partial charge in [-0.2, -0.15) is 15.1 Å². The number of nitrogens with zero attached hydrogens (tertiary/aromatic N) is 6. The van der Waals surface area contributed by atoms with E-state index in [-0.39, 0.29) is 0 Å². The van der Waals surface area contributed by atoms with Gasteiger partial charge in [-0.05, 0) is 0 Å². The number of hydrogen-bond donors (Lipinski definition) is 0. The van der Waals surface area contributed by atoms with E-state index in [1.165, 1.54) is 18.8 Å². The maximum Gasteiger partial charge on any atom is 0.286 e. The second-order valence-corrected chi connectivity index (χ2v) is 3.45. The molecule has 0 aliphatic rings. The van der Waals surface area contributed by atoms with Gasteiger partial charge < -0.3 is 8.83 Å². The number of aromatic nitrogens is 6. The zero-order valence-corrected chi connectivity index (χ0v) is 8.73. The van der Waals surface area contributed by atoms with Crippen LogP contribution in [0.4, 0.5) is 0 Å². The van der Waals surface area contributed by atoms with Crippen LogP contribution in [0.2, 0.25) is 0 Å². The minimum absolute atomic E-state index is 0.405. The fourth-order valence-electron chi connectivity index (χ4n) is 1.61. The molecule has 18 heavy (non-hydrogen) atoms. The highest BCUT2D eigenvalue weighted by molar-refractivity contribution is 5.85. The van der Waals surface area contributed by atoms with Gasteiger partial charge in [0.2, 0.25) is 11.3 Å². The van der Waals surface area contributed by atoms with E-state index in [0.29, 0.717) is 33.8 Å². The third kappa shape index (κ3) is 1.19. The topological polar surface area (TPSA) is 104 Å². The highest BCUT2D eigenvalue weighted by Gasteiger charge is 2.13. The predicted molar refractivity (Wildman–Crippen MR) is 57.0 cm³/mol. The lowest BCUT2D eigenvalue weighted by Gasteiger charge is -1.97. The van der Waals surface area contributed by atoms with Crippen LogP contribution in [-0.2, 0) is 0 Å². The Balaban J connectivity index is 2.03. The third-order valence-electron chi connectivity index (χ3n) is 2.42. The average molecular weight is 239 g/mol. The molecule has 0 aromatic carbocycles. The van der Waals surface area contributed by atoms with E-state index < -0.39 is 0 Å². The van der Waals surface area contributed by atoms with Gasteiger partial charge in [0.15, 0.2) is 23.4 Å². The van der Waals surface area contributed by atoms with E-state index in [4.69, 9.17) is 8.83 Å². The van der Waals surface area contributed by atoms with Gasteiger partial charge in [-0.15, -0.1) is 5.10 Å². The Kier molecular flexibility index (Phi) is 1.68. The summed E-state index contributed by atoms with van der Waals surface area (Å²) in [7, 11) is 0. The van der Waals surface area contributed by atoms with Crippen LogP contribution in [0.3, 0.4) is 0 Å². The zero-order valence-electron chi connectivity index (χ0n) is 8.73. The first-order chi connectivity index (χ1) is 8.92. The maximum absolute atomic E-state index is 5.25. The molecule has 4 aromatic rings. The van der Waals surface area contributed by atoms with Gasteiger partial charge in [0.05, 0.1) is 18.0 Å². The first kappa shape index (κ1) is 9.16. The standard InChI is InChI=1S/C10H3N6O2/c1-5(7-10(16-14-1)13-4-18-7)8-11-2-6-9(15-8)12-3-17-6/h1-2,4H. The summed E-state index contributed by atoms with van der Waals surface area (Å²) in [6.45, 7) is 0. The molecule has 85 valence electrons. The van der Waals surface area contributed by atoms with Crippen molar-refractivity contribution in [1.29, 1.82) is 0 Å². The minimum Gasteiger partial charge on any atom is -0.441 e. The largest absolute Gasteiger partial charge is 0.441 e. The summed E-state index contributed by atoms with van der Waals surface area (Å²) in [6.07, 6.45) is 6.68. The normalized spacial score (nSPS) is 11.3. The molecule has 8 heteroatoms. The van der Waals surface area contributed by atoms with Crippen molar-refractivity contribution in [2.24, 2.45) is 0 Å². The smallest absolute Gasteiger partial charge is 0.286 e. The Hall–Kier alpha value is -2.90. The van der Waals surface area contributed by atoms with Gasteiger partial charge in [-0.3, -0.25) is 0 Å². The Morgan fingerprint density at radius 3 is 3.11 bits per heavy atom. The minimum atomic E-state index is 0.405. The van der Waals surface area contributed by atoms with Crippen molar-refractivity contribution >= 4 is 22.5 Å². The molecule has 0 unspecified atom stereocenters. The van der Waals surface area contributed by atoms with Gasteiger partial charge in [-0.25, -0.2) is 9.97 Å². The van der Waals surface area contributed by atoms with Crippen molar-refractivity contribution in [1.82, 2.24) is 30.1 Å². The summed E-state index contributed by atoms with van der Waals surface area (Å²) < 4.78 is 10.2. The average Bonchev–Trinajstić information content (AvgIpc) is 3.05. The Bertz CT molecular complexity index is 851. The molecular weight excluding hydrogens is 236 g/mol. The molecular formula is C10H3N6O2. The molecule has 0 N–H and O–H groups in total. The monoisotopic (exact) mass is 239 g/mol. The zero-order chi connectivity index (χ0) is 11.9. The SMILES string of the molecule is [c]1nc2nc(-c3cnnc4ncoc34)ncc2o1. The summed E-state index contributed by atoms with van der Waals surface area (Å²) in [5.74, 6) is 0.418. The molecule has 0 bridgehead atoms. The fraction of sp³-hybridized carbons (Fsp3) is 0. The quantitative estimate of drug-likeness (QED) is 0.484. The molecule has 0 saturated heterocycles. The summed E-state index contributed by atoms with van der Waals surface area (Å²) in [5.41, 5.74) is 2.38. The number of oxazole rings is 2. The van der Waals surface area contributed by atoms with Crippen molar-refractivity contribution in [2.45, 2.75) is 0 Å². The molecule has 0 fully saturated rings. The highest BCUT2D eigenvalue weighted by atomic mass is 16.3. The van der Waals surface area contributed by atoms with Gasteiger partial charge in [0.25, 0.3) is 6.39 Å². The molecule has 8 nitrogen and oxygen atoms in total. The molecule has 0 atom stereocenters. The summed E-state index contributed by atoms with van der Waals surface area (Å²) >= 11 is 0. The highest BCUT2D eigenvalue weighted by Crippen LogP contribution is 2.23. The number of hydrogen-bond acceptors (Lipinski definition) is 8. The molecule has 4 rings (SSSR count). The van der Waals surface area contributed by atoms with E-state index in [1.807, 2.05) is 0 Å². The van der Waals surface area contributed by atoms with Crippen LogP contribution >= 0.6 is 0 Å². The number of fused-ring (bicyclic) bond motifs is 2. The first-order valence-electron chi connectivity index (χ1n) is 4.97. The third-order valence-corrected chi connectivity index (χ3v) is 2.42. The maximum atomic E-state index is 5.25. The van der Waals surface area contributed by atoms with Gasteiger partial charge in [-0.1, -0.05) is 0 Å². The summed E-state index contributed by atoms with van der Waals surface area (Å²) in [4.78, 5) is 16.2. The Morgan fingerprint density at radius 2 is 2.11 bits per heavy atom. The van der Waals surface area contributed by atoms with Crippen LogP contribution in [0, 0.1) is 6.39 Å². The molecule has 0 spiro atoms. The van der Waals surface area contributed by atoms with Crippen molar-refractivity contribution in [3.8, 4) is 11.4 Å². The lowest BCUT2D eigenvalue weighted by Crippen LogP contribution is -1.92. The number of rotatable bonds is 1. The summed E-state index contributed by atoms with van der Waals surface area (Å²) in [6, 6.07) is 0. The van der Waals surface area contributed by atoms with Crippen LogP contribution in [-0.4, -0.2) is 30.1 Å². The van der Waals surface area contributed by atoms with Crippen LogP contribution in [0.15, 0.2) is 27.6 Å². The second kappa shape index (κ2) is 3.29. The molecule has 0 amide bonds. The van der Waals surface area contributed by atoms with Crippen molar-refractivity contribution < 1.29 is 8.83 Å². The lowest BCUT2D eigenvalue weighted by atomic mass is 10.2. The van der Waals surface area contributed by atoms with Crippen molar-refractivity contribution in [3.05, 3.63) is 25.2 Å². The van der Waals surface area contributed by atoms with Crippen molar-refractivity contribution in [2.75, 3.05) is 0 Å². The van der Waals surface area contributed by atoms with Gasteiger partial charge in [0.1, 0.15) is 0 Å². The molecule has 4 aromatic heterocycles. The summed E-state index contributed by atoms with van der Waals surface area (Å²) in [5, 5.41) is 7.65. The van der Waals surface area contributed by atoms with E-state index in [1.54, 1.807) is 0 Å². The molecule has 4 heterocycles. The Morgan fingerprint density at radius 1 is 1.11 bits per heavy atom. The van der Waals surface area contributed by atoms with Gasteiger partial charge >= 0.3 is 0 Å². The van der Waals surface area contributed by atoms with Crippen LogP contribution in [0.25, 0.3) is 33.8 Å². The first-order valence-corrected chi connectivity index (χ1v) is 4.97. The molecule has 0 aliphatic heterocycles. The van der Waals surface area contributed by atoms with Crippen molar-refractivity contribution in [3.63, 3.8) is 0 Å². The molecule has 0 saturated carbocycles. The van der Waals surface area contributed by atoms with E-state index >= 15 is 0 Å². The van der Waals surface area contributed by atoms with E-state index in [2.05, 4.69) is 36.5 Å². The fourth-order valence-corrected chi connectivity index (χ4v) is 1.61. The second-order valence-electron chi connectivity index (χ2n) is 3.45. The Labute approximate surface area is 98.7 Å². The van der Waals surface area contributed by atoms with E-state index in [0.717, 1.165) is 0 Å².